The Balaban J connectivity index is 1.36. The largest absolute Gasteiger partial charge is 0.301 e. The third-order valence-corrected chi connectivity index (χ3v) is 8.67. The summed E-state index contributed by atoms with van der Waals surface area (Å²) in [7, 11) is -4.11. The van der Waals surface area contributed by atoms with Crippen molar-refractivity contribution in [2.45, 2.75) is 24.3 Å². The molecule has 0 aliphatic carbocycles. The number of aliphatic imine (C=N–C) groups is 1. The lowest BCUT2D eigenvalue weighted by Crippen LogP contribution is -2.39. The number of hydrogen-bond donors (Lipinski definition) is 2. The first-order valence-corrected chi connectivity index (χ1v) is 15.2. The summed E-state index contributed by atoms with van der Waals surface area (Å²) in [5.74, 6) is -1.13. The number of amidine groups is 1. The van der Waals surface area contributed by atoms with E-state index in [1.807, 2.05) is 91.9 Å². The number of nitrogens with one attached hydrogen (secondary N) is 2. The Bertz CT molecular complexity index is 1720. The van der Waals surface area contributed by atoms with Gasteiger partial charge in [-0.15, -0.1) is 0 Å². The van der Waals surface area contributed by atoms with Crippen LogP contribution in [0.4, 0.5) is 0 Å². The van der Waals surface area contributed by atoms with Gasteiger partial charge in [-0.1, -0.05) is 103 Å². The lowest BCUT2D eigenvalue weighted by Gasteiger charge is -2.14. The number of thioether (sulfide) groups is 1. The number of nitrogens with zero attached hydrogens (tertiary/aromatic N) is 1. The van der Waals surface area contributed by atoms with E-state index in [1.54, 1.807) is 18.2 Å². The number of carbonyl (C=O) groups excluding carboxylic acids is 2. The van der Waals surface area contributed by atoms with E-state index < -0.39 is 22.0 Å². The molecule has 2 N–H and O–H groups in total. The molecule has 7 nitrogen and oxygen atoms in total. The van der Waals surface area contributed by atoms with Crippen molar-refractivity contribution in [2.75, 3.05) is 0 Å². The third-order valence-electron chi connectivity index (χ3n) is 6.38. The van der Waals surface area contributed by atoms with Gasteiger partial charge in [0.2, 0.25) is 0 Å². The monoisotopic (exact) mass is 581 g/mol. The Labute approximate surface area is 243 Å². The Kier molecular flexibility index (Phi) is 8.47. The maximum atomic E-state index is 13.3. The van der Waals surface area contributed by atoms with E-state index in [0.717, 1.165) is 39.6 Å². The van der Waals surface area contributed by atoms with E-state index in [4.69, 9.17) is 0 Å². The van der Waals surface area contributed by atoms with Gasteiger partial charge in [-0.2, -0.15) is 0 Å². The van der Waals surface area contributed by atoms with Crippen LogP contribution in [0.1, 0.15) is 16.7 Å². The highest BCUT2D eigenvalue weighted by Crippen LogP contribution is 2.28. The van der Waals surface area contributed by atoms with Crippen LogP contribution in [-0.4, -0.2) is 31.4 Å². The molecule has 0 radical (unpaired) electrons. The summed E-state index contributed by atoms with van der Waals surface area (Å²) in [4.78, 5) is 30.9. The number of aryl methyl sites for hydroxylation is 1. The molecule has 4 aromatic rings. The molecule has 4 aromatic carbocycles. The summed E-state index contributed by atoms with van der Waals surface area (Å²) in [6.45, 7) is 1.84. The SMILES string of the molecule is Cc1ccc(S(=O)(=O)NC(=O)[C@H](Cc2ccccc2)N=C2NC(=O)/C(=C/c3ccc(-c4ccccc4)cc3)S2)cc1. The van der Waals surface area contributed by atoms with Crippen LogP contribution >= 0.6 is 11.8 Å². The topological polar surface area (TPSA) is 105 Å². The van der Waals surface area contributed by atoms with E-state index in [1.165, 1.54) is 12.1 Å². The maximum absolute atomic E-state index is 13.3. The zero-order valence-electron chi connectivity index (χ0n) is 22.2. The molecule has 1 heterocycles. The van der Waals surface area contributed by atoms with Crippen LogP contribution in [0, 0.1) is 6.92 Å². The summed E-state index contributed by atoms with van der Waals surface area (Å²) in [6, 6.07) is 32.1. The molecule has 1 fully saturated rings. The first-order valence-electron chi connectivity index (χ1n) is 12.9. The molecule has 9 heteroatoms. The van der Waals surface area contributed by atoms with Gasteiger partial charge in [0.15, 0.2) is 5.17 Å². The van der Waals surface area contributed by atoms with E-state index in [9.17, 15) is 18.0 Å². The van der Waals surface area contributed by atoms with Crippen molar-refractivity contribution in [3.05, 3.63) is 131 Å². The molecule has 0 unspecified atom stereocenters. The number of carbonyl (C=O) groups is 2. The highest BCUT2D eigenvalue weighted by atomic mass is 32.2. The smallest absolute Gasteiger partial charge is 0.264 e. The fourth-order valence-electron chi connectivity index (χ4n) is 4.19. The lowest BCUT2D eigenvalue weighted by molar-refractivity contribution is -0.120. The molecule has 0 bridgehead atoms. The summed E-state index contributed by atoms with van der Waals surface area (Å²) in [6.07, 6.45) is 1.90. The maximum Gasteiger partial charge on any atom is 0.264 e. The van der Waals surface area contributed by atoms with Crippen molar-refractivity contribution in [3.63, 3.8) is 0 Å². The Morgan fingerprint density at radius 2 is 1.49 bits per heavy atom. The van der Waals surface area contributed by atoms with Crippen LogP contribution in [0.15, 0.2) is 124 Å². The van der Waals surface area contributed by atoms with E-state index in [0.29, 0.717) is 4.91 Å². The molecule has 0 spiro atoms. The van der Waals surface area contributed by atoms with Crippen molar-refractivity contribution < 1.29 is 18.0 Å². The molecule has 0 aromatic heterocycles. The van der Waals surface area contributed by atoms with E-state index in [-0.39, 0.29) is 22.4 Å². The van der Waals surface area contributed by atoms with Gasteiger partial charge in [0, 0.05) is 6.42 Å². The van der Waals surface area contributed by atoms with Gasteiger partial charge in [0.05, 0.1) is 9.80 Å². The van der Waals surface area contributed by atoms with Crippen LogP contribution < -0.4 is 10.0 Å². The second kappa shape index (κ2) is 12.4. The average Bonchev–Trinajstić information content (AvgIpc) is 3.32. The van der Waals surface area contributed by atoms with Gasteiger partial charge in [-0.3, -0.25) is 9.59 Å². The second-order valence-electron chi connectivity index (χ2n) is 9.48. The Hall–Kier alpha value is -4.47. The molecule has 2 amide bonds. The second-order valence-corrected chi connectivity index (χ2v) is 12.2. The average molecular weight is 582 g/mol. The zero-order valence-corrected chi connectivity index (χ0v) is 23.8. The quantitative estimate of drug-likeness (QED) is 0.274. The molecule has 1 saturated heterocycles. The predicted molar refractivity (Wildman–Crippen MR) is 163 cm³/mol. The van der Waals surface area contributed by atoms with Crippen molar-refractivity contribution in [3.8, 4) is 11.1 Å². The van der Waals surface area contributed by atoms with Crippen LogP contribution in [0.5, 0.6) is 0 Å². The molecule has 0 saturated carbocycles. The van der Waals surface area contributed by atoms with Crippen LogP contribution in [0.25, 0.3) is 17.2 Å². The molecule has 1 aliphatic rings. The zero-order chi connectivity index (χ0) is 28.8. The molecule has 1 aliphatic heterocycles. The van der Waals surface area contributed by atoms with Crippen molar-refractivity contribution in [1.82, 2.24) is 10.0 Å². The van der Waals surface area contributed by atoms with E-state index in [2.05, 4.69) is 15.0 Å². The highest BCUT2D eigenvalue weighted by Gasteiger charge is 2.29. The fourth-order valence-corrected chi connectivity index (χ4v) is 6.08. The normalized spacial score (nSPS) is 16.0. The van der Waals surface area contributed by atoms with Crippen LogP contribution in [-0.2, 0) is 26.0 Å². The number of hydrogen-bond acceptors (Lipinski definition) is 6. The summed E-state index contributed by atoms with van der Waals surface area (Å²) < 4.78 is 28.0. The molecular weight excluding hydrogens is 555 g/mol. The molecule has 5 rings (SSSR count). The fraction of sp³-hybridized carbons (Fsp3) is 0.0938. The molecule has 1 atom stereocenters. The number of rotatable bonds is 8. The standard InChI is InChI=1S/C32H27N3O4S2/c1-22-12-18-27(19-13-22)41(38,39)35-30(36)28(20-23-8-4-2-5-9-23)33-32-34-31(37)29(40-32)21-24-14-16-26(17-15-24)25-10-6-3-7-11-25/h2-19,21,28H,20H2,1H3,(H,35,36)(H,33,34,37)/b29-21-/t28-/m0/s1. The summed E-state index contributed by atoms with van der Waals surface area (Å²) in [5.41, 5.74) is 4.70. The minimum atomic E-state index is -4.11. The number of benzene rings is 4. The molecule has 41 heavy (non-hydrogen) atoms. The van der Waals surface area contributed by atoms with Crippen molar-refractivity contribution in [1.29, 1.82) is 0 Å². The predicted octanol–water partition coefficient (Wildman–Crippen LogP) is 5.34. The first kappa shape index (κ1) is 28.1. The highest BCUT2D eigenvalue weighted by molar-refractivity contribution is 8.18. The van der Waals surface area contributed by atoms with Gasteiger partial charge in [0.25, 0.3) is 21.8 Å². The van der Waals surface area contributed by atoms with Crippen molar-refractivity contribution in [2.24, 2.45) is 4.99 Å². The van der Waals surface area contributed by atoms with Gasteiger partial charge >= 0.3 is 0 Å². The number of amides is 2. The molecular formula is C32H27N3O4S2. The summed E-state index contributed by atoms with van der Waals surface area (Å²) in [5, 5.41) is 2.94. The Morgan fingerprint density at radius 3 is 2.15 bits per heavy atom. The van der Waals surface area contributed by atoms with Gasteiger partial charge in [-0.05, 0) is 59.1 Å². The van der Waals surface area contributed by atoms with Gasteiger partial charge in [0.1, 0.15) is 6.04 Å². The molecule has 206 valence electrons. The number of sulfonamides is 1. The van der Waals surface area contributed by atoms with Gasteiger partial charge in [-0.25, -0.2) is 18.1 Å². The lowest BCUT2D eigenvalue weighted by atomic mass is 10.0. The minimum absolute atomic E-state index is 0.0189. The third kappa shape index (κ3) is 7.19. The van der Waals surface area contributed by atoms with Crippen LogP contribution in [0.3, 0.4) is 0 Å². The minimum Gasteiger partial charge on any atom is -0.301 e. The van der Waals surface area contributed by atoms with Crippen LogP contribution in [0.2, 0.25) is 0 Å². The van der Waals surface area contributed by atoms with Gasteiger partial charge < -0.3 is 5.32 Å². The first-order chi connectivity index (χ1) is 19.8. The van der Waals surface area contributed by atoms with E-state index >= 15 is 0 Å². The Morgan fingerprint density at radius 1 is 0.878 bits per heavy atom. The summed E-state index contributed by atoms with van der Waals surface area (Å²) >= 11 is 1.11. The van der Waals surface area contributed by atoms with Crippen molar-refractivity contribution >= 4 is 44.8 Å².